The van der Waals surface area contributed by atoms with Crippen molar-refractivity contribution in [3.8, 4) is 0 Å². The lowest BCUT2D eigenvalue weighted by Crippen LogP contribution is -2.53. The molecule has 2 amide bonds. The van der Waals surface area contributed by atoms with E-state index >= 15 is 0 Å². The van der Waals surface area contributed by atoms with Gasteiger partial charge in [0.2, 0.25) is 11.8 Å². The topological polar surface area (TPSA) is 89.4 Å². The molecule has 0 bridgehead atoms. The zero-order valence-electron chi connectivity index (χ0n) is 20.7. The van der Waals surface area contributed by atoms with E-state index in [4.69, 9.17) is 27.9 Å². The van der Waals surface area contributed by atoms with Crippen LogP contribution in [-0.2, 0) is 20.7 Å². The Balaban J connectivity index is 1.39. The standard InChI is InChI=1S/C26H28BrCl2N5O3/c1-16(22-6-4-5-7-23(22)27)34-14-20(31-32-34)13-21-15-33(8-9-37-21)25(36)26(2,3)24(35)30-19-11-17(28)10-18(29)12-19/h4-7,10-12,14,16,21H,8-9,13,15H2,1-3H3,(H,30,35)/t16-,21?/m1/s1. The van der Waals surface area contributed by atoms with Crippen LogP contribution in [0.4, 0.5) is 5.69 Å². The van der Waals surface area contributed by atoms with Gasteiger partial charge in [0.25, 0.3) is 0 Å². The number of carbonyl (C=O) groups is 2. The van der Waals surface area contributed by atoms with Crippen molar-refractivity contribution in [1.29, 1.82) is 0 Å². The molecule has 2 atom stereocenters. The number of hydrogen-bond acceptors (Lipinski definition) is 5. The third-order valence-electron chi connectivity index (χ3n) is 6.40. The van der Waals surface area contributed by atoms with Crippen LogP contribution in [0.5, 0.6) is 0 Å². The van der Waals surface area contributed by atoms with Crippen LogP contribution in [0.3, 0.4) is 0 Å². The van der Waals surface area contributed by atoms with Crippen molar-refractivity contribution < 1.29 is 14.3 Å². The quantitative estimate of drug-likeness (QED) is 0.363. The lowest BCUT2D eigenvalue weighted by Gasteiger charge is -2.37. The molecule has 1 fully saturated rings. The molecule has 0 radical (unpaired) electrons. The summed E-state index contributed by atoms with van der Waals surface area (Å²) in [6.07, 6.45) is 2.15. The van der Waals surface area contributed by atoms with E-state index in [9.17, 15) is 9.59 Å². The van der Waals surface area contributed by atoms with E-state index in [2.05, 4.69) is 38.5 Å². The van der Waals surface area contributed by atoms with Crippen LogP contribution in [0.25, 0.3) is 0 Å². The summed E-state index contributed by atoms with van der Waals surface area (Å²) >= 11 is 15.7. The zero-order chi connectivity index (χ0) is 26.7. The minimum Gasteiger partial charge on any atom is -0.374 e. The molecule has 2 heterocycles. The number of morpholine rings is 1. The average molecular weight is 609 g/mol. The van der Waals surface area contributed by atoms with Crippen molar-refractivity contribution in [3.05, 3.63) is 74.4 Å². The smallest absolute Gasteiger partial charge is 0.239 e. The first-order valence-corrected chi connectivity index (χ1v) is 13.4. The first kappa shape index (κ1) is 27.6. The summed E-state index contributed by atoms with van der Waals surface area (Å²) in [5, 5.41) is 12.2. The molecule has 37 heavy (non-hydrogen) atoms. The van der Waals surface area contributed by atoms with Gasteiger partial charge in [0, 0.05) is 45.9 Å². The third kappa shape index (κ3) is 6.52. The SMILES string of the molecule is C[C@H](c1ccccc1Br)n1cc(CC2CN(C(=O)C(C)(C)C(=O)Nc3cc(Cl)cc(Cl)c3)CCO2)nn1. The van der Waals surface area contributed by atoms with E-state index in [0.717, 1.165) is 15.7 Å². The Bertz CT molecular complexity index is 1280. The Labute approximate surface area is 234 Å². The van der Waals surface area contributed by atoms with Gasteiger partial charge in [-0.1, -0.05) is 62.5 Å². The normalized spacial score (nSPS) is 16.9. The second-order valence-corrected chi connectivity index (χ2v) is 11.3. The van der Waals surface area contributed by atoms with Crippen molar-refractivity contribution in [1.82, 2.24) is 19.9 Å². The van der Waals surface area contributed by atoms with Gasteiger partial charge in [-0.05, 0) is 50.6 Å². The predicted octanol–water partition coefficient (Wildman–Crippen LogP) is 5.39. The number of benzene rings is 2. The Hall–Kier alpha value is -2.46. The molecule has 1 aliphatic rings. The highest BCUT2D eigenvalue weighted by Gasteiger charge is 2.41. The van der Waals surface area contributed by atoms with Gasteiger partial charge in [-0.3, -0.25) is 9.59 Å². The molecule has 1 aromatic heterocycles. The molecule has 196 valence electrons. The van der Waals surface area contributed by atoms with Crippen molar-refractivity contribution in [3.63, 3.8) is 0 Å². The second kappa shape index (κ2) is 11.5. The number of amides is 2. The summed E-state index contributed by atoms with van der Waals surface area (Å²) in [7, 11) is 0. The lowest BCUT2D eigenvalue weighted by molar-refractivity contribution is -0.152. The van der Waals surface area contributed by atoms with Crippen LogP contribution in [0.2, 0.25) is 10.0 Å². The summed E-state index contributed by atoms with van der Waals surface area (Å²) in [4.78, 5) is 28.1. The molecular formula is C26H28BrCl2N5O3. The largest absolute Gasteiger partial charge is 0.374 e. The van der Waals surface area contributed by atoms with Crippen LogP contribution in [0, 0.1) is 5.41 Å². The van der Waals surface area contributed by atoms with E-state index in [0.29, 0.717) is 41.8 Å². The molecule has 8 nitrogen and oxygen atoms in total. The third-order valence-corrected chi connectivity index (χ3v) is 7.55. The fourth-order valence-corrected chi connectivity index (χ4v) is 5.36. The van der Waals surface area contributed by atoms with E-state index in [1.54, 1.807) is 36.9 Å². The van der Waals surface area contributed by atoms with Gasteiger partial charge in [-0.25, -0.2) is 4.68 Å². The molecule has 4 rings (SSSR count). The summed E-state index contributed by atoms with van der Waals surface area (Å²) in [5.74, 6) is -0.722. The van der Waals surface area contributed by atoms with E-state index in [-0.39, 0.29) is 18.1 Å². The van der Waals surface area contributed by atoms with E-state index < -0.39 is 11.3 Å². The van der Waals surface area contributed by atoms with Gasteiger partial charge in [0.15, 0.2) is 0 Å². The Morgan fingerprint density at radius 1 is 1.22 bits per heavy atom. The summed E-state index contributed by atoms with van der Waals surface area (Å²) in [6, 6.07) is 12.7. The van der Waals surface area contributed by atoms with Crippen LogP contribution >= 0.6 is 39.1 Å². The van der Waals surface area contributed by atoms with Gasteiger partial charge in [0.1, 0.15) is 5.41 Å². The molecule has 0 spiro atoms. The Morgan fingerprint density at radius 3 is 2.62 bits per heavy atom. The first-order valence-electron chi connectivity index (χ1n) is 11.9. The maximum Gasteiger partial charge on any atom is 0.239 e. The van der Waals surface area contributed by atoms with Crippen LogP contribution in [-0.4, -0.2) is 57.5 Å². The lowest BCUT2D eigenvalue weighted by atomic mass is 9.89. The van der Waals surface area contributed by atoms with Gasteiger partial charge < -0.3 is 15.0 Å². The fourth-order valence-electron chi connectivity index (χ4n) is 4.22. The highest BCUT2D eigenvalue weighted by molar-refractivity contribution is 9.10. The number of aromatic nitrogens is 3. The number of carbonyl (C=O) groups excluding carboxylic acids is 2. The molecule has 1 unspecified atom stereocenters. The van der Waals surface area contributed by atoms with Crippen LogP contribution < -0.4 is 5.32 Å². The number of anilines is 1. The van der Waals surface area contributed by atoms with E-state index in [1.165, 1.54) is 0 Å². The number of rotatable bonds is 7. The number of ether oxygens (including phenoxy) is 1. The molecule has 0 saturated carbocycles. The van der Waals surface area contributed by atoms with Crippen LogP contribution in [0.1, 0.15) is 38.1 Å². The molecule has 3 aromatic rings. The Kier molecular flexibility index (Phi) is 8.58. The first-order chi connectivity index (χ1) is 17.5. The van der Waals surface area contributed by atoms with Crippen molar-refractivity contribution in [2.24, 2.45) is 5.41 Å². The maximum atomic E-state index is 13.4. The number of hydrogen-bond donors (Lipinski definition) is 1. The zero-order valence-corrected chi connectivity index (χ0v) is 23.8. The van der Waals surface area contributed by atoms with Crippen LogP contribution in [0.15, 0.2) is 53.1 Å². The maximum absolute atomic E-state index is 13.4. The molecular weight excluding hydrogens is 581 g/mol. The number of halogens is 3. The van der Waals surface area contributed by atoms with Gasteiger partial charge in [0.05, 0.1) is 24.4 Å². The minimum absolute atomic E-state index is 0.00383. The molecule has 11 heteroatoms. The fraction of sp³-hybridized carbons (Fsp3) is 0.385. The molecule has 1 aliphatic heterocycles. The second-order valence-electron chi connectivity index (χ2n) is 9.57. The van der Waals surface area contributed by atoms with Crippen molar-refractivity contribution >= 4 is 56.6 Å². The number of nitrogens with zero attached hydrogens (tertiary/aromatic N) is 4. The minimum atomic E-state index is -1.31. The molecule has 1 N–H and O–H groups in total. The predicted molar refractivity (Wildman–Crippen MR) is 147 cm³/mol. The van der Waals surface area contributed by atoms with Crippen molar-refractivity contribution in [2.75, 3.05) is 25.0 Å². The summed E-state index contributed by atoms with van der Waals surface area (Å²) < 4.78 is 8.75. The molecule has 1 saturated heterocycles. The highest BCUT2D eigenvalue weighted by Crippen LogP contribution is 2.28. The summed E-state index contributed by atoms with van der Waals surface area (Å²) in [5.41, 5.74) is 1.000. The average Bonchev–Trinajstić information content (AvgIpc) is 3.31. The van der Waals surface area contributed by atoms with Gasteiger partial charge >= 0.3 is 0 Å². The number of nitrogens with one attached hydrogen (secondary N) is 1. The Morgan fingerprint density at radius 2 is 1.92 bits per heavy atom. The van der Waals surface area contributed by atoms with E-state index in [1.807, 2.05) is 35.1 Å². The van der Waals surface area contributed by atoms with Gasteiger partial charge in [-0.2, -0.15) is 0 Å². The summed E-state index contributed by atoms with van der Waals surface area (Å²) in [6.45, 7) is 6.40. The molecule has 0 aliphatic carbocycles. The highest BCUT2D eigenvalue weighted by atomic mass is 79.9. The monoisotopic (exact) mass is 607 g/mol. The van der Waals surface area contributed by atoms with Gasteiger partial charge in [-0.15, -0.1) is 5.10 Å². The van der Waals surface area contributed by atoms with Crippen molar-refractivity contribution in [2.45, 2.75) is 39.3 Å². The molecule has 2 aromatic carbocycles.